The lowest BCUT2D eigenvalue weighted by atomic mass is 10.0. The molecule has 1 fully saturated rings. The first-order valence-electron chi connectivity index (χ1n) is 6.47. The van der Waals surface area contributed by atoms with Gasteiger partial charge < -0.3 is 10.3 Å². The van der Waals surface area contributed by atoms with Gasteiger partial charge >= 0.3 is 0 Å². The minimum atomic E-state index is 0.524. The number of halogens is 1. The first-order chi connectivity index (χ1) is 9.16. The van der Waals surface area contributed by atoms with Crippen LogP contribution in [0.1, 0.15) is 37.3 Å². The maximum atomic E-state index is 6.05. The maximum Gasteiger partial charge on any atom is 0.198 e. The number of imidazole rings is 1. The highest BCUT2D eigenvalue weighted by Gasteiger charge is 2.24. The van der Waals surface area contributed by atoms with Gasteiger partial charge in [0.2, 0.25) is 0 Å². The quantitative estimate of drug-likeness (QED) is 0.827. The van der Waals surface area contributed by atoms with E-state index in [1.165, 1.54) is 25.7 Å². The number of aryl methyl sites for hydroxylation is 1. The van der Waals surface area contributed by atoms with Crippen molar-refractivity contribution in [2.24, 2.45) is 7.05 Å². The second kappa shape index (κ2) is 5.07. The van der Waals surface area contributed by atoms with Crippen LogP contribution in [-0.4, -0.2) is 19.5 Å². The lowest BCUT2D eigenvalue weighted by Crippen LogP contribution is -2.09. The smallest absolute Gasteiger partial charge is 0.198 e. The Morgan fingerprint density at radius 3 is 2.68 bits per heavy atom. The van der Waals surface area contributed by atoms with Crippen molar-refractivity contribution in [1.82, 2.24) is 19.5 Å². The van der Waals surface area contributed by atoms with Crippen LogP contribution in [0.15, 0.2) is 12.4 Å². The predicted octanol–water partition coefficient (Wildman–Crippen LogP) is 2.72. The lowest BCUT2D eigenvalue weighted by Gasteiger charge is -2.13. The van der Waals surface area contributed by atoms with Crippen LogP contribution in [0.4, 0.5) is 5.82 Å². The summed E-state index contributed by atoms with van der Waals surface area (Å²) in [5.41, 5.74) is 7.15. The zero-order chi connectivity index (χ0) is 13.4. The van der Waals surface area contributed by atoms with Crippen molar-refractivity contribution in [3.8, 4) is 11.6 Å². The molecule has 2 N–H and O–H groups in total. The van der Waals surface area contributed by atoms with Crippen molar-refractivity contribution in [2.45, 2.75) is 31.6 Å². The zero-order valence-corrected chi connectivity index (χ0v) is 13.0. The number of nitrogens with zero attached hydrogens (tertiary/aromatic N) is 4. The van der Waals surface area contributed by atoms with E-state index in [0.717, 1.165) is 15.1 Å². The molecule has 1 aliphatic rings. The third-order valence-electron chi connectivity index (χ3n) is 3.67. The fourth-order valence-electron chi connectivity index (χ4n) is 2.63. The monoisotopic (exact) mass is 369 g/mol. The lowest BCUT2D eigenvalue weighted by molar-refractivity contribution is 0.689. The summed E-state index contributed by atoms with van der Waals surface area (Å²) in [6, 6.07) is 0. The average Bonchev–Trinajstić information content (AvgIpc) is 3.03. The molecule has 1 saturated carbocycles. The summed E-state index contributed by atoms with van der Waals surface area (Å²) in [6.45, 7) is 0. The summed E-state index contributed by atoms with van der Waals surface area (Å²) in [6.07, 6.45) is 8.61. The second-order valence-corrected chi connectivity index (χ2v) is 6.05. The summed E-state index contributed by atoms with van der Waals surface area (Å²) < 4.78 is 2.92. The van der Waals surface area contributed by atoms with Crippen LogP contribution in [-0.2, 0) is 7.05 Å². The van der Waals surface area contributed by atoms with Gasteiger partial charge in [-0.15, -0.1) is 0 Å². The molecule has 0 atom stereocenters. The van der Waals surface area contributed by atoms with E-state index >= 15 is 0 Å². The third kappa shape index (κ3) is 2.33. The molecule has 1 aliphatic carbocycles. The minimum absolute atomic E-state index is 0.524. The summed E-state index contributed by atoms with van der Waals surface area (Å²) >= 11 is 2.26. The van der Waals surface area contributed by atoms with Crippen LogP contribution in [0.3, 0.4) is 0 Å². The molecule has 0 spiro atoms. The summed E-state index contributed by atoms with van der Waals surface area (Å²) in [5.74, 6) is 2.49. The fourth-order valence-corrected chi connectivity index (χ4v) is 3.31. The number of nitrogens with two attached hydrogens (primary N) is 1. The van der Waals surface area contributed by atoms with Crippen LogP contribution in [0.2, 0.25) is 0 Å². The molecule has 0 aliphatic heterocycles. The normalized spacial score (nSPS) is 16.1. The van der Waals surface area contributed by atoms with Crippen LogP contribution in [0.5, 0.6) is 0 Å². The molecular formula is C13H16IN5. The Labute approximate surface area is 125 Å². The first-order valence-corrected chi connectivity index (χ1v) is 7.55. The van der Waals surface area contributed by atoms with Gasteiger partial charge in [-0.1, -0.05) is 12.8 Å². The van der Waals surface area contributed by atoms with Crippen molar-refractivity contribution < 1.29 is 0 Å². The zero-order valence-electron chi connectivity index (χ0n) is 10.8. The van der Waals surface area contributed by atoms with Gasteiger partial charge in [-0.2, -0.15) is 0 Å². The SMILES string of the molecule is Cn1ccnc1-c1nc(N)c(I)c(C2CCCC2)n1. The summed E-state index contributed by atoms with van der Waals surface area (Å²) in [4.78, 5) is 13.4. The van der Waals surface area contributed by atoms with Crippen molar-refractivity contribution in [3.05, 3.63) is 21.7 Å². The maximum absolute atomic E-state index is 6.05. The number of anilines is 1. The van der Waals surface area contributed by atoms with Gasteiger partial charge in [-0.3, -0.25) is 0 Å². The van der Waals surface area contributed by atoms with E-state index in [4.69, 9.17) is 10.7 Å². The molecular weight excluding hydrogens is 353 g/mol. The number of rotatable bonds is 2. The molecule has 2 aromatic rings. The number of hydrogen-bond donors (Lipinski definition) is 1. The number of hydrogen-bond acceptors (Lipinski definition) is 4. The standard InChI is InChI=1S/C13H16IN5/c1-19-7-6-16-13(19)12-17-10(8-4-2-3-5-8)9(14)11(15)18-12/h6-8H,2-5H2,1H3,(H2,15,17,18). The highest BCUT2D eigenvalue weighted by Crippen LogP contribution is 2.37. The van der Waals surface area contributed by atoms with Gasteiger partial charge in [0.1, 0.15) is 5.82 Å². The Bertz CT molecular complexity index is 601. The molecule has 0 amide bonds. The van der Waals surface area contributed by atoms with E-state index < -0.39 is 0 Å². The molecule has 19 heavy (non-hydrogen) atoms. The van der Waals surface area contributed by atoms with E-state index in [-0.39, 0.29) is 0 Å². The Hall–Kier alpha value is -1.18. The average molecular weight is 369 g/mol. The van der Waals surface area contributed by atoms with Crippen LogP contribution in [0.25, 0.3) is 11.6 Å². The van der Waals surface area contributed by atoms with Crippen LogP contribution < -0.4 is 5.73 Å². The van der Waals surface area contributed by atoms with Gasteiger partial charge in [-0.25, -0.2) is 15.0 Å². The van der Waals surface area contributed by atoms with Crippen molar-refractivity contribution in [3.63, 3.8) is 0 Å². The Morgan fingerprint density at radius 2 is 2.05 bits per heavy atom. The van der Waals surface area contributed by atoms with Crippen LogP contribution >= 0.6 is 22.6 Å². The summed E-state index contributed by atoms with van der Waals surface area (Å²) in [5, 5.41) is 0. The van der Waals surface area contributed by atoms with Crippen molar-refractivity contribution in [1.29, 1.82) is 0 Å². The Balaban J connectivity index is 2.10. The van der Waals surface area contributed by atoms with Gasteiger partial charge in [0.05, 0.1) is 9.26 Å². The van der Waals surface area contributed by atoms with E-state index in [1.54, 1.807) is 6.20 Å². The molecule has 0 unspecified atom stereocenters. The largest absolute Gasteiger partial charge is 0.383 e. The van der Waals surface area contributed by atoms with Gasteiger partial charge in [-0.05, 0) is 35.4 Å². The van der Waals surface area contributed by atoms with E-state index in [0.29, 0.717) is 17.6 Å². The Morgan fingerprint density at radius 1 is 1.32 bits per heavy atom. The first kappa shape index (κ1) is 12.8. The number of aromatic nitrogens is 4. The van der Waals surface area contributed by atoms with E-state index in [2.05, 4.69) is 32.6 Å². The third-order valence-corrected chi connectivity index (χ3v) is 4.77. The van der Waals surface area contributed by atoms with Crippen molar-refractivity contribution in [2.75, 3.05) is 5.73 Å². The minimum Gasteiger partial charge on any atom is -0.383 e. The topological polar surface area (TPSA) is 69.6 Å². The van der Waals surface area contributed by atoms with Crippen molar-refractivity contribution >= 4 is 28.4 Å². The molecule has 100 valence electrons. The predicted molar refractivity (Wildman–Crippen MR) is 82.6 cm³/mol. The molecule has 6 heteroatoms. The fraction of sp³-hybridized carbons (Fsp3) is 0.462. The molecule has 2 heterocycles. The number of nitrogen functional groups attached to an aromatic ring is 1. The molecule has 0 radical (unpaired) electrons. The molecule has 2 aromatic heterocycles. The second-order valence-electron chi connectivity index (χ2n) is 4.97. The molecule has 0 saturated heterocycles. The Kier molecular flexibility index (Phi) is 3.42. The highest BCUT2D eigenvalue weighted by atomic mass is 127. The molecule has 0 bridgehead atoms. The van der Waals surface area contributed by atoms with Gasteiger partial charge in [0, 0.05) is 25.4 Å². The van der Waals surface area contributed by atoms with E-state index in [9.17, 15) is 0 Å². The molecule has 5 nitrogen and oxygen atoms in total. The molecule has 0 aromatic carbocycles. The van der Waals surface area contributed by atoms with Gasteiger partial charge in [0.15, 0.2) is 11.6 Å². The van der Waals surface area contributed by atoms with Gasteiger partial charge in [0.25, 0.3) is 0 Å². The van der Waals surface area contributed by atoms with Crippen LogP contribution in [0, 0.1) is 3.57 Å². The summed E-state index contributed by atoms with van der Waals surface area (Å²) in [7, 11) is 1.94. The molecule has 3 rings (SSSR count). The van der Waals surface area contributed by atoms with E-state index in [1.807, 2.05) is 17.8 Å². The highest BCUT2D eigenvalue weighted by molar-refractivity contribution is 14.1.